The summed E-state index contributed by atoms with van der Waals surface area (Å²) in [6.07, 6.45) is 3.14. The van der Waals surface area contributed by atoms with Gasteiger partial charge in [0.15, 0.2) is 9.48 Å². The number of ketones is 2. The maximum Gasteiger partial charge on any atom is 0.297 e. The van der Waals surface area contributed by atoms with Gasteiger partial charge in [0, 0.05) is 30.2 Å². The molecule has 4 nitrogen and oxygen atoms in total. The highest BCUT2D eigenvalue weighted by Crippen LogP contribution is 2.40. The lowest BCUT2D eigenvalue weighted by Crippen LogP contribution is -2.34. The molecule has 3 heterocycles. The number of hydrogen-bond donors (Lipinski definition) is 0. The number of carbonyl (C=O) groups is 2. The normalized spacial score (nSPS) is 24.9. The van der Waals surface area contributed by atoms with Crippen LogP contribution in [0.15, 0.2) is 24.3 Å². The molecule has 2 fully saturated rings. The molecule has 30 heavy (non-hydrogen) atoms. The van der Waals surface area contributed by atoms with Crippen molar-refractivity contribution in [2.24, 2.45) is 17.8 Å². The summed E-state index contributed by atoms with van der Waals surface area (Å²) in [5.41, 5.74) is 0.483. The van der Waals surface area contributed by atoms with E-state index in [9.17, 15) is 18.4 Å². The van der Waals surface area contributed by atoms with Crippen LogP contribution >= 0.6 is 53.2 Å². The second kappa shape index (κ2) is 9.32. The van der Waals surface area contributed by atoms with Gasteiger partial charge in [0.1, 0.15) is 5.78 Å². The molecule has 0 bridgehead atoms. The minimum Gasteiger partial charge on any atom is -0.381 e. The van der Waals surface area contributed by atoms with Gasteiger partial charge in [-0.25, -0.2) is 0 Å². The topological polar surface area (TPSA) is 52.6 Å². The number of thiophene rings is 1. The summed E-state index contributed by atoms with van der Waals surface area (Å²) >= 11 is -0.531. The first-order valence-electron chi connectivity index (χ1n) is 9.77. The molecule has 2 aliphatic heterocycles. The molecule has 3 aliphatic rings. The van der Waals surface area contributed by atoms with Crippen LogP contribution in [0.2, 0.25) is 0 Å². The van der Waals surface area contributed by atoms with Gasteiger partial charge < -0.3 is 4.74 Å². The molecule has 4 rings (SSSR count). The number of halogens is 4. The summed E-state index contributed by atoms with van der Waals surface area (Å²) < 4.78 is 38.8. The Morgan fingerprint density at radius 3 is 2.73 bits per heavy atom. The highest BCUT2D eigenvalue weighted by molar-refractivity contribution is 14.3. The van der Waals surface area contributed by atoms with Crippen molar-refractivity contribution in [1.82, 2.24) is 0 Å². The maximum atomic E-state index is 13.5. The van der Waals surface area contributed by atoms with Crippen molar-refractivity contribution in [2.75, 3.05) is 13.2 Å². The summed E-state index contributed by atoms with van der Waals surface area (Å²) in [6.45, 7) is 5.95. The summed E-state index contributed by atoms with van der Waals surface area (Å²) in [6, 6.07) is 3.59. The van der Waals surface area contributed by atoms with E-state index >= 15 is 0 Å². The zero-order valence-electron chi connectivity index (χ0n) is 16.4. The number of allylic oxidation sites excluding steroid dienone is 1. The fourth-order valence-corrected chi connectivity index (χ4v) is 11.7. The Morgan fingerprint density at radius 1 is 1.30 bits per heavy atom. The van der Waals surface area contributed by atoms with Gasteiger partial charge >= 0.3 is 0 Å². The van der Waals surface area contributed by atoms with Crippen LogP contribution in [0, 0.1) is 17.8 Å². The second-order valence-electron chi connectivity index (χ2n) is 7.88. The number of alkyl halides is 2. The van der Waals surface area contributed by atoms with E-state index in [1.807, 2.05) is 6.07 Å². The van der Waals surface area contributed by atoms with Crippen LogP contribution in [-0.4, -0.2) is 35.9 Å². The highest BCUT2D eigenvalue weighted by atomic mass is 127. The van der Waals surface area contributed by atoms with E-state index in [1.165, 1.54) is 11.3 Å². The zero-order valence-corrected chi connectivity index (χ0v) is 21.5. The lowest BCUT2D eigenvalue weighted by Gasteiger charge is -2.31. The Bertz CT molecular complexity index is 943. The quantitative estimate of drug-likeness (QED) is 0.205. The van der Waals surface area contributed by atoms with E-state index in [2.05, 4.69) is 6.58 Å². The van der Waals surface area contributed by atoms with E-state index in [-0.39, 0.29) is 27.2 Å². The first kappa shape index (κ1) is 22.9. The SMILES string of the molecule is C=C(CC1COCCC1C(=O)C1CC1)C(=O)c1ccc(C2=IOC(C(C)(F)F)=I2)s1. The summed E-state index contributed by atoms with van der Waals surface area (Å²) in [4.78, 5) is 27.0. The first-order valence-corrected chi connectivity index (χ1v) is 14.7. The van der Waals surface area contributed by atoms with Crippen LogP contribution in [0.1, 0.15) is 47.2 Å². The zero-order chi connectivity index (χ0) is 21.5. The Kier molecular flexibility index (Phi) is 7.13. The van der Waals surface area contributed by atoms with Crippen molar-refractivity contribution in [1.29, 1.82) is 0 Å². The Balaban J connectivity index is 1.42. The molecule has 0 radical (unpaired) electrons. The lowest BCUT2D eigenvalue weighted by atomic mass is 9.79. The van der Waals surface area contributed by atoms with Gasteiger partial charge in [-0.15, -0.1) is 11.3 Å². The minimum absolute atomic E-state index is 0.000942. The predicted octanol–water partition coefficient (Wildman–Crippen LogP) is 5.66. The third-order valence-electron chi connectivity index (χ3n) is 5.35. The van der Waals surface area contributed by atoms with Crippen molar-refractivity contribution < 1.29 is 26.2 Å². The van der Waals surface area contributed by atoms with Gasteiger partial charge in [0.25, 0.3) is 5.92 Å². The molecular weight excluding hydrogens is 640 g/mol. The monoisotopic (exact) mass is 662 g/mol. The molecule has 1 saturated heterocycles. The number of Topliss-reactive ketones (excluding diaryl/α,β-unsaturated/α-hetero) is 2. The van der Waals surface area contributed by atoms with Gasteiger partial charge in [0.05, 0.1) is 34.1 Å². The molecule has 164 valence electrons. The average Bonchev–Trinajstić information content (AvgIpc) is 3.22. The summed E-state index contributed by atoms with van der Waals surface area (Å²) in [5, 5.41) is 0. The maximum absolute atomic E-state index is 13.5. The van der Waals surface area contributed by atoms with Crippen LogP contribution in [0.25, 0.3) is 0 Å². The Hall–Kier alpha value is -0.240. The molecule has 0 N–H and O–H groups in total. The lowest BCUT2D eigenvalue weighted by molar-refractivity contribution is -0.130. The number of rotatable bonds is 8. The van der Waals surface area contributed by atoms with Crippen molar-refractivity contribution >= 4 is 70.0 Å². The van der Waals surface area contributed by atoms with Gasteiger partial charge in [-0.2, -0.15) is 8.78 Å². The van der Waals surface area contributed by atoms with Crippen LogP contribution in [0.5, 0.6) is 0 Å². The fourth-order valence-electron chi connectivity index (χ4n) is 3.60. The molecule has 2 unspecified atom stereocenters. The molecule has 0 spiro atoms. The van der Waals surface area contributed by atoms with Crippen LogP contribution in [-0.2, 0) is 12.6 Å². The number of carbonyl (C=O) groups excluding carboxylic acids is 2. The molecule has 0 aromatic carbocycles. The van der Waals surface area contributed by atoms with E-state index in [1.54, 1.807) is 6.07 Å². The van der Waals surface area contributed by atoms with E-state index in [0.717, 1.165) is 32.6 Å². The van der Waals surface area contributed by atoms with E-state index in [0.29, 0.717) is 35.9 Å². The molecule has 1 aromatic rings. The van der Waals surface area contributed by atoms with Gasteiger partial charge in [-0.1, -0.05) is 6.58 Å². The van der Waals surface area contributed by atoms with Gasteiger partial charge in [-0.05, 0) is 70.0 Å². The van der Waals surface area contributed by atoms with Crippen molar-refractivity contribution in [3.63, 3.8) is 0 Å². The molecule has 1 aromatic heterocycles. The molecule has 9 heteroatoms. The van der Waals surface area contributed by atoms with E-state index < -0.39 is 47.8 Å². The average molecular weight is 662 g/mol. The molecule has 2 atom stereocenters. The van der Waals surface area contributed by atoms with Gasteiger partial charge in [-0.3, -0.25) is 12.7 Å². The molecule has 1 aliphatic carbocycles. The fraction of sp³-hybridized carbons (Fsp3) is 0.524. The van der Waals surface area contributed by atoms with Crippen molar-refractivity contribution in [2.45, 2.75) is 38.5 Å². The highest BCUT2D eigenvalue weighted by Gasteiger charge is 2.40. The Morgan fingerprint density at radius 2 is 2.07 bits per heavy atom. The van der Waals surface area contributed by atoms with Crippen LogP contribution in [0.3, 0.4) is 0 Å². The van der Waals surface area contributed by atoms with Crippen molar-refractivity contribution in [3.8, 4) is 0 Å². The predicted molar refractivity (Wildman–Crippen MR) is 131 cm³/mol. The number of ether oxygens (including phenoxy) is 1. The largest absolute Gasteiger partial charge is 0.381 e. The standard InChI is InChI=1S/C21H22F2I2O4S/c1-11(9-13-10-28-8-7-14(13)18(27)12-3-4-12)17(26)15-5-6-16(30-15)19-24-20(29-25-19)21(2,22)23/h5-6,12-14H,1,3-4,7-10H2,2H3. The molecule has 0 amide bonds. The number of hydrogen-bond acceptors (Lipinski definition) is 5. The smallest absolute Gasteiger partial charge is 0.297 e. The van der Waals surface area contributed by atoms with Crippen molar-refractivity contribution in [3.05, 3.63) is 34.0 Å². The third-order valence-corrected chi connectivity index (χ3v) is 14.9. The van der Waals surface area contributed by atoms with Crippen LogP contribution in [0.4, 0.5) is 8.78 Å². The molecule has 1 saturated carbocycles. The Labute approximate surface area is 198 Å². The molecular formula is C21H22F2I2O4S. The van der Waals surface area contributed by atoms with Crippen LogP contribution < -0.4 is 0 Å². The minimum atomic E-state index is -2.89. The third kappa shape index (κ3) is 5.21. The second-order valence-corrected chi connectivity index (χ2v) is 15.6. The summed E-state index contributed by atoms with van der Waals surface area (Å²) in [7, 11) is 0. The van der Waals surface area contributed by atoms with E-state index in [4.69, 9.17) is 7.80 Å². The first-order chi connectivity index (χ1) is 14.2. The summed E-state index contributed by atoms with van der Waals surface area (Å²) in [5.74, 6) is -2.53. The van der Waals surface area contributed by atoms with Gasteiger partial charge in [0.2, 0.25) is 0 Å².